The molecule has 2 unspecified atom stereocenters. The Balaban J connectivity index is 1.64. The number of urea groups is 1. The van der Waals surface area contributed by atoms with Gasteiger partial charge in [0.2, 0.25) is 0 Å². The van der Waals surface area contributed by atoms with Gasteiger partial charge in [0.25, 0.3) is 0 Å². The van der Waals surface area contributed by atoms with Crippen molar-refractivity contribution in [1.29, 1.82) is 0 Å². The Morgan fingerprint density at radius 2 is 2.12 bits per heavy atom. The van der Waals surface area contributed by atoms with Crippen LogP contribution in [0, 0.1) is 0 Å². The van der Waals surface area contributed by atoms with Crippen LogP contribution >= 0.6 is 0 Å². The minimum absolute atomic E-state index is 0.275. The molecular formula is C17H23F3N4O2. The molecule has 0 aromatic carbocycles. The predicted molar refractivity (Wildman–Crippen MR) is 91.3 cm³/mol. The number of aromatic nitrogens is 1. The zero-order valence-electron chi connectivity index (χ0n) is 14.4. The van der Waals surface area contributed by atoms with Crippen molar-refractivity contribution in [2.45, 2.75) is 50.4 Å². The van der Waals surface area contributed by atoms with Gasteiger partial charge >= 0.3 is 12.2 Å². The molecule has 2 aliphatic rings. The molecule has 0 bridgehead atoms. The second kappa shape index (κ2) is 8.11. The molecular weight excluding hydrogens is 349 g/mol. The van der Waals surface area contributed by atoms with Crippen molar-refractivity contribution in [3.05, 3.63) is 18.3 Å². The van der Waals surface area contributed by atoms with Crippen molar-refractivity contribution in [2.75, 3.05) is 29.9 Å². The van der Waals surface area contributed by atoms with Gasteiger partial charge in [-0.1, -0.05) is 0 Å². The molecule has 144 valence electrons. The molecule has 2 saturated heterocycles. The number of ether oxygens (including phenoxy) is 1. The average molecular weight is 372 g/mol. The molecule has 2 atom stereocenters. The first kappa shape index (κ1) is 18.8. The van der Waals surface area contributed by atoms with Gasteiger partial charge in [-0.3, -0.25) is 0 Å². The topological polar surface area (TPSA) is 66.5 Å². The van der Waals surface area contributed by atoms with Crippen molar-refractivity contribution in [3.63, 3.8) is 0 Å². The Labute approximate surface area is 150 Å². The predicted octanol–water partition coefficient (Wildman–Crippen LogP) is 3.30. The van der Waals surface area contributed by atoms with Gasteiger partial charge in [0.15, 0.2) is 5.82 Å². The van der Waals surface area contributed by atoms with E-state index in [1.165, 1.54) is 0 Å². The van der Waals surface area contributed by atoms with E-state index < -0.39 is 24.4 Å². The summed E-state index contributed by atoms with van der Waals surface area (Å²) < 4.78 is 45.1. The van der Waals surface area contributed by atoms with Gasteiger partial charge in [-0.05, 0) is 37.8 Å². The van der Waals surface area contributed by atoms with E-state index in [4.69, 9.17) is 4.74 Å². The van der Waals surface area contributed by atoms with E-state index in [2.05, 4.69) is 10.3 Å². The van der Waals surface area contributed by atoms with Gasteiger partial charge < -0.3 is 20.3 Å². The largest absolute Gasteiger partial charge is 0.408 e. The SMILES string of the molecule is O=C(Nc1cccnc1N1CCCC1)NC(CC1CCCO1)C(F)(F)F. The Morgan fingerprint density at radius 1 is 1.35 bits per heavy atom. The summed E-state index contributed by atoms with van der Waals surface area (Å²) in [5.41, 5.74) is 0.407. The maximum absolute atomic E-state index is 13.3. The van der Waals surface area contributed by atoms with Gasteiger partial charge in [-0.25, -0.2) is 9.78 Å². The zero-order valence-corrected chi connectivity index (χ0v) is 14.4. The molecule has 6 nitrogen and oxygen atoms in total. The van der Waals surface area contributed by atoms with Crippen LogP contribution in [0.5, 0.6) is 0 Å². The summed E-state index contributed by atoms with van der Waals surface area (Å²) in [6.45, 7) is 2.10. The first-order valence-electron chi connectivity index (χ1n) is 8.89. The van der Waals surface area contributed by atoms with Crippen molar-refractivity contribution in [2.24, 2.45) is 0 Å². The Morgan fingerprint density at radius 3 is 2.77 bits per heavy atom. The first-order valence-corrected chi connectivity index (χ1v) is 8.89. The van der Waals surface area contributed by atoms with Crippen LogP contribution in [0.3, 0.4) is 0 Å². The van der Waals surface area contributed by atoms with Crippen molar-refractivity contribution in [3.8, 4) is 0 Å². The third kappa shape index (κ3) is 4.78. The normalized spacial score (nSPS) is 21.7. The molecule has 2 amide bonds. The monoisotopic (exact) mass is 372 g/mol. The van der Waals surface area contributed by atoms with E-state index in [0.717, 1.165) is 32.4 Å². The van der Waals surface area contributed by atoms with Crippen LogP contribution in [-0.2, 0) is 4.74 Å². The maximum Gasteiger partial charge on any atom is 0.408 e. The number of nitrogens with one attached hydrogen (secondary N) is 2. The lowest BCUT2D eigenvalue weighted by atomic mass is 10.1. The number of carbonyl (C=O) groups is 1. The highest BCUT2D eigenvalue weighted by Crippen LogP contribution is 2.29. The maximum atomic E-state index is 13.3. The lowest BCUT2D eigenvalue weighted by molar-refractivity contribution is -0.159. The fourth-order valence-corrected chi connectivity index (χ4v) is 3.36. The Hall–Kier alpha value is -2.03. The van der Waals surface area contributed by atoms with Crippen molar-refractivity contribution >= 4 is 17.5 Å². The van der Waals surface area contributed by atoms with E-state index in [1.54, 1.807) is 18.3 Å². The standard InChI is InChI=1S/C17H23F3N4O2/c18-17(19,20)14(11-12-5-4-10-26-12)23-16(25)22-13-6-3-7-21-15(13)24-8-1-2-9-24/h3,6-7,12,14H,1-2,4-5,8-11H2,(H2,22,23,25). The fourth-order valence-electron chi connectivity index (χ4n) is 3.36. The molecule has 2 aliphatic heterocycles. The van der Waals surface area contributed by atoms with Gasteiger partial charge in [-0.15, -0.1) is 0 Å². The van der Waals surface area contributed by atoms with E-state index in [0.29, 0.717) is 24.5 Å². The van der Waals surface area contributed by atoms with E-state index >= 15 is 0 Å². The molecule has 0 saturated carbocycles. The second-order valence-corrected chi connectivity index (χ2v) is 6.63. The number of rotatable bonds is 5. The number of halogens is 3. The third-order valence-corrected chi connectivity index (χ3v) is 4.66. The van der Waals surface area contributed by atoms with Crippen LogP contribution in [0.2, 0.25) is 0 Å². The minimum Gasteiger partial charge on any atom is -0.378 e. The van der Waals surface area contributed by atoms with Gasteiger partial charge in [0, 0.05) is 32.3 Å². The first-order chi connectivity index (χ1) is 12.4. The molecule has 1 aromatic heterocycles. The molecule has 9 heteroatoms. The van der Waals surface area contributed by atoms with Gasteiger partial charge in [0.05, 0.1) is 11.8 Å². The lowest BCUT2D eigenvalue weighted by Gasteiger charge is -2.25. The van der Waals surface area contributed by atoms with E-state index in [9.17, 15) is 18.0 Å². The van der Waals surface area contributed by atoms with Crippen LogP contribution in [0.15, 0.2) is 18.3 Å². The number of pyridine rings is 1. The number of nitrogens with zero attached hydrogens (tertiary/aromatic N) is 2. The van der Waals surface area contributed by atoms with Gasteiger partial charge in [0.1, 0.15) is 6.04 Å². The Kier molecular flexibility index (Phi) is 5.85. The average Bonchev–Trinajstić information content (AvgIpc) is 3.27. The van der Waals surface area contributed by atoms with Crippen molar-refractivity contribution < 1.29 is 22.7 Å². The molecule has 3 rings (SSSR count). The van der Waals surface area contributed by atoms with Crippen LogP contribution in [0.25, 0.3) is 0 Å². The molecule has 0 radical (unpaired) electrons. The number of anilines is 2. The third-order valence-electron chi connectivity index (χ3n) is 4.66. The number of hydrogen-bond acceptors (Lipinski definition) is 4. The highest BCUT2D eigenvalue weighted by molar-refractivity contribution is 5.92. The molecule has 1 aromatic rings. The molecule has 3 heterocycles. The summed E-state index contributed by atoms with van der Waals surface area (Å²) in [5.74, 6) is 0.586. The lowest BCUT2D eigenvalue weighted by Crippen LogP contribution is -2.48. The van der Waals surface area contributed by atoms with E-state index in [-0.39, 0.29) is 6.42 Å². The smallest absolute Gasteiger partial charge is 0.378 e. The number of amides is 2. The zero-order chi connectivity index (χ0) is 18.6. The summed E-state index contributed by atoms with van der Waals surface area (Å²) in [4.78, 5) is 18.5. The summed E-state index contributed by atoms with van der Waals surface area (Å²) in [6, 6.07) is 0.447. The summed E-state index contributed by atoms with van der Waals surface area (Å²) in [6.07, 6.45) is -0.292. The van der Waals surface area contributed by atoms with Crippen LogP contribution in [0.1, 0.15) is 32.1 Å². The van der Waals surface area contributed by atoms with Crippen LogP contribution < -0.4 is 15.5 Å². The van der Waals surface area contributed by atoms with E-state index in [1.807, 2.05) is 10.2 Å². The summed E-state index contributed by atoms with van der Waals surface area (Å²) in [7, 11) is 0. The highest BCUT2D eigenvalue weighted by Gasteiger charge is 2.42. The summed E-state index contributed by atoms with van der Waals surface area (Å²) >= 11 is 0. The highest BCUT2D eigenvalue weighted by atomic mass is 19.4. The quantitative estimate of drug-likeness (QED) is 0.832. The molecule has 0 aliphatic carbocycles. The second-order valence-electron chi connectivity index (χ2n) is 6.63. The molecule has 0 spiro atoms. The van der Waals surface area contributed by atoms with Crippen molar-refractivity contribution in [1.82, 2.24) is 10.3 Å². The fraction of sp³-hybridized carbons (Fsp3) is 0.647. The number of hydrogen-bond donors (Lipinski definition) is 2. The molecule has 26 heavy (non-hydrogen) atoms. The molecule has 2 fully saturated rings. The number of alkyl halides is 3. The summed E-state index contributed by atoms with van der Waals surface area (Å²) in [5, 5.41) is 4.57. The molecule has 2 N–H and O–H groups in total. The minimum atomic E-state index is -4.53. The van der Waals surface area contributed by atoms with Crippen LogP contribution in [0.4, 0.5) is 29.5 Å². The van der Waals surface area contributed by atoms with Gasteiger partial charge in [-0.2, -0.15) is 13.2 Å². The van der Waals surface area contributed by atoms with Crippen LogP contribution in [-0.4, -0.2) is 49.0 Å². The number of carbonyl (C=O) groups excluding carboxylic acids is 1. The Bertz CT molecular complexity index is 614.